The molecule has 0 aliphatic carbocycles. The fraction of sp³-hybridized carbons (Fsp3) is 0.375. The highest BCUT2D eigenvalue weighted by atomic mass is 16.5. The topological polar surface area (TPSA) is 76.5 Å². The maximum atomic E-state index is 13.2. The van der Waals surface area contributed by atoms with Gasteiger partial charge in [-0.3, -0.25) is 19.1 Å². The predicted molar refractivity (Wildman–Crippen MR) is 121 cm³/mol. The second-order valence-electron chi connectivity index (χ2n) is 8.15. The van der Waals surface area contributed by atoms with Gasteiger partial charge in [0, 0.05) is 25.9 Å². The van der Waals surface area contributed by atoms with Gasteiger partial charge in [-0.25, -0.2) is 4.98 Å². The molecule has 7 heteroatoms. The molecule has 2 heterocycles. The van der Waals surface area contributed by atoms with Crippen LogP contribution in [-0.4, -0.2) is 41.6 Å². The summed E-state index contributed by atoms with van der Waals surface area (Å²) in [6, 6.07) is 14.9. The number of amides is 2. The zero-order chi connectivity index (χ0) is 22.0. The SMILES string of the molecule is COCCCN1C(=O)C(CC(=O)Nc2ccc(C(C)C)cc2)n2c1nc1ccccc12. The predicted octanol–water partition coefficient (Wildman–Crippen LogP) is 4.11. The highest BCUT2D eigenvalue weighted by Gasteiger charge is 2.40. The van der Waals surface area contributed by atoms with Crippen molar-refractivity contribution in [1.29, 1.82) is 0 Å². The number of fused-ring (bicyclic) bond motifs is 3. The summed E-state index contributed by atoms with van der Waals surface area (Å²) in [5.74, 6) is 0.729. The summed E-state index contributed by atoms with van der Waals surface area (Å²) in [6.45, 7) is 5.32. The molecule has 3 aromatic rings. The van der Waals surface area contributed by atoms with E-state index in [0.29, 0.717) is 31.4 Å². The summed E-state index contributed by atoms with van der Waals surface area (Å²) in [7, 11) is 1.64. The van der Waals surface area contributed by atoms with Gasteiger partial charge in [0.25, 0.3) is 5.91 Å². The highest BCUT2D eigenvalue weighted by Crippen LogP contribution is 2.36. The lowest BCUT2D eigenvalue weighted by molar-refractivity contribution is -0.124. The Morgan fingerprint density at radius 3 is 2.61 bits per heavy atom. The summed E-state index contributed by atoms with van der Waals surface area (Å²) in [5.41, 5.74) is 3.62. The zero-order valence-corrected chi connectivity index (χ0v) is 18.2. The van der Waals surface area contributed by atoms with Crippen molar-refractivity contribution >= 4 is 34.5 Å². The number of benzene rings is 2. The van der Waals surface area contributed by atoms with Crippen molar-refractivity contribution in [3.05, 3.63) is 54.1 Å². The standard InChI is InChI=1S/C24H28N4O3/c1-16(2)17-9-11-18(12-10-17)25-22(29)15-21-23(30)27(13-6-14-31-3)24-26-19-7-4-5-8-20(19)28(21)24/h4-5,7-12,16,21H,6,13-15H2,1-3H3,(H,25,29). The Labute approximate surface area is 182 Å². The van der Waals surface area contributed by atoms with Crippen LogP contribution in [0.5, 0.6) is 0 Å². The minimum atomic E-state index is -0.611. The number of para-hydroxylation sites is 2. The maximum absolute atomic E-state index is 13.2. The summed E-state index contributed by atoms with van der Waals surface area (Å²) in [5, 5.41) is 2.93. The van der Waals surface area contributed by atoms with Crippen molar-refractivity contribution in [3.8, 4) is 0 Å². The fourth-order valence-corrected chi connectivity index (χ4v) is 4.01. The lowest BCUT2D eigenvalue weighted by Crippen LogP contribution is -2.32. The number of nitrogens with zero attached hydrogens (tertiary/aromatic N) is 3. The molecule has 0 radical (unpaired) electrons. The van der Waals surface area contributed by atoms with Crippen LogP contribution in [0.4, 0.5) is 11.6 Å². The van der Waals surface area contributed by atoms with Crippen LogP contribution in [0.25, 0.3) is 11.0 Å². The quantitative estimate of drug-likeness (QED) is 0.557. The molecule has 31 heavy (non-hydrogen) atoms. The third kappa shape index (κ3) is 4.18. The van der Waals surface area contributed by atoms with Crippen LogP contribution >= 0.6 is 0 Å². The molecule has 1 unspecified atom stereocenters. The van der Waals surface area contributed by atoms with Crippen LogP contribution in [0.15, 0.2) is 48.5 Å². The Kier molecular flexibility index (Phi) is 6.04. The molecule has 1 aromatic heterocycles. The molecule has 7 nitrogen and oxygen atoms in total. The molecule has 0 spiro atoms. The zero-order valence-electron chi connectivity index (χ0n) is 18.2. The first-order valence-corrected chi connectivity index (χ1v) is 10.7. The molecule has 4 rings (SSSR count). The van der Waals surface area contributed by atoms with Crippen molar-refractivity contribution in [2.75, 3.05) is 30.5 Å². The molecule has 2 aromatic carbocycles. The molecule has 1 N–H and O–H groups in total. The largest absolute Gasteiger partial charge is 0.385 e. The Balaban J connectivity index is 1.56. The van der Waals surface area contributed by atoms with E-state index in [1.165, 1.54) is 5.56 Å². The highest BCUT2D eigenvalue weighted by molar-refractivity contribution is 6.05. The summed E-state index contributed by atoms with van der Waals surface area (Å²) in [4.78, 5) is 32.4. The number of ether oxygens (including phenoxy) is 1. The van der Waals surface area contributed by atoms with Crippen molar-refractivity contribution in [3.63, 3.8) is 0 Å². The maximum Gasteiger partial charge on any atom is 0.253 e. The van der Waals surface area contributed by atoms with E-state index in [2.05, 4.69) is 24.1 Å². The van der Waals surface area contributed by atoms with E-state index in [1.54, 1.807) is 12.0 Å². The Morgan fingerprint density at radius 1 is 1.16 bits per heavy atom. The van der Waals surface area contributed by atoms with Crippen molar-refractivity contribution in [2.45, 2.75) is 38.6 Å². The molecule has 0 saturated carbocycles. The van der Waals surface area contributed by atoms with Gasteiger partial charge in [-0.2, -0.15) is 0 Å². The van der Waals surface area contributed by atoms with Gasteiger partial charge in [0.15, 0.2) is 0 Å². The van der Waals surface area contributed by atoms with Crippen LogP contribution in [0, 0.1) is 0 Å². The number of hydrogen-bond donors (Lipinski definition) is 1. The molecular formula is C24H28N4O3. The van der Waals surface area contributed by atoms with Gasteiger partial charge < -0.3 is 10.1 Å². The minimum absolute atomic E-state index is 0.0545. The molecule has 0 bridgehead atoms. The normalized spacial score (nSPS) is 15.7. The minimum Gasteiger partial charge on any atom is -0.385 e. The molecule has 2 amide bonds. The first-order valence-electron chi connectivity index (χ1n) is 10.7. The van der Waals surface area contributed by atoms with E-state index in [4.69, 9.17) is 4.74 Å². The van der Waals surface area contributed by atoms with Crippen LogP contribution < -0.4 is 10.2 Å². The molecule has 0 saturated heterocycles. The summed E-state index contributed by atoms with van der Waals surface area (Å²) in [6.07, 6.45) is 0.755. The van der Waals surface area contributed by atoms with Crippen molar-refractivity contribution in [2.24, 2.45) is 0 Å². The number of rotatable bonds is 8. The number of hydrogen-bond acceptors (Lipinski definition) is 4. The van der Waals surface area contributed by atoms with E-state index < -0.39 is 6.04 Å². The first-order chi connectivity index (χ1) is 15.0. The van der Waals surface area contributed by atoms with Gasteiger partial charge in [0.05, 0.1) is 17.5 Å². The number of nitrogens with one attached hydrogen (secondary N) is 1. The van der Waals surface area contributed by atoms with Crippen molar-refractivity contribution in [1.82, 2.24) is 9.55 Å². The van der Waals surface area contributed by atoms with Gasteiger partial charge in [-0.05, 0) is 42.2 Å². The van der Waals surface area contributed by atoms with Gasteiger partial charge in [0.1, 0.15) is 6.04 Å². The Morgan fingerprint density at radius 2 is 1.90 bits per heavy atom. The lowest BCUT2D eigenvalue weighted by Gasteiger charge is -2.16. The molecule has 0 fully saturated rings. The van der Waals surface area contributed by atoms with E-state index in [0.717, 1.165) is 16.7 Å². The molecular weight excluding hydrogens is 392 g/mol. The van der Waals surface area contributed by atoms with Gasteiger partial charge in [-0.1, -0.05) is 38.1 Å². The van der Waals surface area contributed by atoms with Crippen LogP contribution in [-0.2, 0) is 14.3 Å². The smallest absolute Gasteiger partial charge is 0.253 e. The van der Waals surface area contributed by atoms with E-state index in [-0.39, 0.29) is 18.2 Å². The lowest BCUT2D eigenvalue weighted by atomic mass is 10.0. The van der Waals surface area contributed by atoms with Crippen LogP contribution in [0.3, 0.4) is 0 Å². The van der Waals surface area contributed by atoms with E-state index >= 15 is 0 Å². The Bertz CT molecular complexity index is 1090. The monoisotopic (exact) mass is 420 g/mol. The number of carbonyl (C=O) groups is 2. The van der Waals surface area contributed by atoms with Crippen molar-refractivity contribution < 1.29 is 14.3 Å². The van der Waals surface area contributed by atoms with Gasteiger partial charge in [-0.15, -0.1) is 0 Å². The number of anilines is 2. The molecule has 1 aliphatic heterocycles. The van der Waals surface area contributed by atoms with E-state index in [9.17, 15) is 9.59 Å². The van der Waals surface area contributed by atoms with Gasteiger partial charge >= 0.3 is 0 Å². The number of imidazole rings is 1. The molecule has 1 atom stereocenters. The Hall–Kier alpha value is -3.19. The summed E-state index contributed by atoms with van der Waals surface area (Å²) < 4.78 is 7.03. The second kappa shape index (κ2) is 8.89. The van der Waals surface area contributed by atoms with Crippen LogP contribution in [0.1, 0.15) is 44.2 Å². The average Bonchev–Trinajstić information content (AvgIpc) is 3.24. The fourth-order valence-electron chi connectivity index (χ4n) is 4.01. The van der Waals surface area contributed by atoms with E-state index in [1.807, 2.05) is 53.1 Å². The first kappa shape index (κ1) is 21.1. The van der Waals surface area contributed by atoms with Crippen LogP contribution in [0.2, 0.25) is 0 Å². The third-order valence-corrected chi connectivity index (χ3v) is 5.65. The molecule has 1 aliphatic rings. The number of aromatic nitrogens is 2. The van der Waals surface area contributed by atoms with Gasteiger partial charge in [0.2, 0.25) is 11.9 Å². The third-order valence-electron chi connectivity index (χ3n) is 5.65. The number of carbonyl (C=O) groups excluding carboxylic acids is 2. The average molecular weight is 421 g/mol. The second-order valence-corrected chi connectivity index (χ2v) is 8.15. The summed E-state index contributed by atoms with van der Waals surface area (Å²) >= 11 is 0. The molecule has 162 valence electrons. The number of methoxy groups -OCH3 is 1.